The van der Waals surface area contributed by atoms with Crippen molar-refractivity contribution in [3.63, 3.8) is 0 Å². The van der Waals surface area contributed by atoms with E-state index in [1.165, 1.54) is 24.6 Å². The van der Waals surface area contributed by atoms with Gasteiger partial charge in [-0.1, -0.05) is 43.0 Å². The molecule has 0 saturated heterocycles. The highest BCUT2D eigenvalue weighted by Gasteiger charge is 2.21. The minimum Gasteiger partial charge on any atom is -0.507 e. The summed E-state index contributed by atoms with van der Waals surface area (Å²) in [5.74, 6) is -0.605. The maximum absolute atomic E-state index is 12.4. The molecule has 1 fully saturated rings. The summed E-state index contributed by atoms with van der Waals surface area (Å²) in [6.07, 6.45) is 5.29. The van der Waals surface area contributed by atoms with Gasteiger partial charge in [-0.25, -0.2) is 5.43 Å². The zero-order chi connectivity index (χ0) is 20.8. The van der Waals surface area contributed by atoms with Gasteiger partial charge in [-0.2, -0.15) is 5.10 Å². The Bertz CT molecular complexity index is 937. The molecule has 3 N–H and O–H groups in total. The molecular weight excluding hydrogens is 390 g/mol. The molecule has 0 radical (unpaired) electrons. The number of amides is 2. The average molecular weight is 414 g/mol. The van der Waals surface area contributed by atoms with Crippen molar-refractivity contribution in [3.8, 4) is 5.75 Å². The number of rotatable bonds is 5. The van der Waals surface area contributed by atoms with Crippen LogP contribution in [0.5, 0.6) is 5.75 Å². The lowest BCUT2D eigenvalue weighted by atomic mass is 9.88. The average Bonchev–Trinajstić information content (AvgIpc) is 2.74. The number of phenolic OH excluding ortho intramolecular Hbond substituents is 1. The van der Waals surface area contributed by atoms with E-state index in [0.717, 1.165) is 31.2 Å². The fourth-order valence-electron chi connectivity index (χ4n) is 3.38. The van der Waals surface area contributed by atoms with Crippen LogP contribution in [-0.4, -0.2) is 22.6 Å². The molecule has 152 valence electrons. The predicted molar refractivity (Wildman–Crippen MR) is 114 cm³/mol. The summed E-state index contributed by atoms with van der Waals surface area (Å²) >= 11 is 5.87. The Morgan fingerprint density at radius 1 is 1.10 bits per heavy atom. The molecule has 0 spiro atoms. The number of carbonyl (C=O) groups is 2. The Labute approximate surface area is 175 Å². The molecule has 29 heavy (non-hydrogen) atoms. The molecule has 6 nitrogen and oxygen atoms in total. The van der Waals surface area contributed by atoms with E-state index < -0.39 is 5.91 Å². The van der Waals surface area contributed by atoms with Crippen LogP contribution in [0, 0.1) is 5.92 Å². The highest BCUT2D eigenvalue weighted by Crippen LogP contribution is 2.25. The Hall–Kier alpha value is -2.86. The first-order valence-electron chi connectivity index (χ1n) is 9.68. The van der Waals surface area contributed by atoms with Crippen molar-refractivity contribution in [1.82, 2.24) is 5.43 Å². The number of nitrogens with zero attached hydrogens (tertiary/aromatic N) is 1. The van der Waals surface area contributed by atoms with Crippen molar-refractivity contribution >= 4 is 34.8 Å². The lowest BCUT2D eigenvalue weighted by Crippen LogP contribution is -2.24. The van der Waals surface area contributed by atoms with Gasteiger partial charge in [0.2, 0.25) is 5.91 Å². The number of halogens is 1. The number of phenols is 1. The molecule has 1 aliphatic carbocycles. The van der Waals surface area contributed by atoms with Crippen LogP contribution in [0.25, 0.3) is 0 Å². The quantitative estimate of drug-likeness (QED) is 0.489. The van der Waals surface area contributed by atoms with Gasteiger partial charge < -0.3 is 10.4 Å². The number of carbonyl (C=O) groups excluding carboxylic acids is 2. The largest absolute Gasteiger partial charge is 0.507 e. The van der Waals surface area contributed by atoms with Crippen LogP contribution < -0.4 is 10.7 Å². The molecule has 2 amide bonds. The summed E-state index contributed by atoms with van der Waals surface area (Å²) in [6, 6.07) is 11.6. The van der Waals surface area contributed by atoms with Gasteiger partial charge in [0, 0.05) is 16.6 Å². The van der Waals surface area contributed by atoms with Gasteiger partial charge in [0.25, 0.3) is 5.91 Å². The Kier molecular flexibility index (Phi) is 6.88. The van der Waals surface area contributed by atoms with Gasteiger partial charge in [0.1, 0.15) is 5.75 Å². The van der Waals surface area contributed by atoms with E-state index >= 15 is 0 Å². The molecule has 0 atom stereocenters. The van der Waals surface area contributed by atoms with Gasteiger partial charge in [-0.3, -0.25) is 9.59 Å². The summed E-state index contributed by atoms with van der Waals surface area (Å²) in [7, 11) is 0. The molecule has 3 rings (SSSR count). The third kappa shape index (κ3) is 5.57. The summed E-state index contributed by atoms with van der Waals surface area (Å²) in [5.41, 5.74) is 4.49. The first kappa shape index (κ1) is 20.9. The van der Waals surface area contributed by atoms with Crippen LogP contribution in [0.1, 0.15) is 54.9 Å². The molecule has 1 aliphatic rings. The predicted octanol–water partition coefficient (Wildman–Crippen LogP) is 4.72. The number of aromatic hydroxyl groups is 1. The Morgan fingerprint density at radius 2 is 1.86 bits per heavy atom. The van der Waals surface area contributed by atoms with Crippen molar-refractivity contribution in [1.29, 1.82) is 0 Å². The molecule has 2 aromatic carbocycles. The molecule has 0 bridgehead atoms. The first-order chi connectivity index (χ1) is 13.9. The van der Waals surface area contributed by atoms with E-state index in [4.69, 9.17) is 11.6 Å². The van der Waals surface area contributed by atoms with Crippen molar-refractivity contribution < 1.29 is 14.7 Å². The minimum atomic E-state index is -0.564. The molecular formula is C22H24ClN3O3. The molecule has 2 aromatic rings. The van der Waals surface area contributed by atoms with Gasteiger partial charge in [-0.15, -0.1) is 0 Å². The maximum atomic E-state index is 12.4. The van der Waals surface area contributed by atoms with Crippen LogP contribution in [0.15, 0.2) is 47.6 Å². The lowest BCUT2D eigenvalue weighted by Gasteiger charge is -2.20. The van der Waals surface area contributed by atoms with Crippen molar-refractivity contribution in [3.05, 3.63) is 58.6 Å². The minimum absolute atomic E-state index is 0.0440. The molecule has 0 aliphatic heterocycles. The zero-order valence-electron chi connectivity index (χ0n) is 16.2. The highest BCUT2D eigenvalue weighted by molar-refractivity contribution is 6.31. The number of benzene rings is 2. The number of hydrazone groups is 1. The first-order valence-corrected chi connectivity index (χ1v) is 10.1. The van der Waals surface area contributed by atoms with E-state index in [-0.39, 0.29) is 23.1 Å². The summed E-state index contributed by atoms with van der Waals surface area (Å²) in [4.78, 5) is 24.7. The van der Waals surface area contributed by atoms with E-state index in [1.807, 2.05) is 24.3 Å². The second-order valence-electron chi connectivity index (χ2n) is 7.20. The number of hydrogen-bond acceptors (Lipinski definition) is 4. The van der Waals surface area contributed by atoms with Gasteiger partial charge in [0.05, 0.1) is 11.3 Å². The topological polar surface area (TPSA) is 90.8 Å². The highest BCUT2D eigenvalue weighted by atomic mass is 35.5. The third-order valence-corrected chi connectivity index (χ3v) is 5.29. The van der Waals surface area contributed by atoms with Gasteiger partial charge in [-0.05, 0) is 55.7 Å². The monoisotopic (exact) mass is 413 g/mol. The Balaban J connectivity index is 1.66. The molecule has 1 saturated carbocycles. The standard InChI is InChI=1S/C22H24ClN3O3/c1-14(25-26-22(29)19-13-17(23)10-11-20(19)27)16-8-5-9-18(12-16)24-21(28)15-6-3-2-4-7-15/h5,8-13,15,27H,2-4,6-7H2,1H3,(H,24,28)(H,26,29). The molecule has 7 heteroatoms. The lowest BCUT2D eigenvalue weighted by molar-refractivity contribution is -0.120. The maximum Gasteiger partial charge on any atom is 0.275 e. The summed E-state index contributed by atoms with van der Waals surface area (Å²) in [6.45, 7) is 1.75. The second kappa shape index (κ2) is 9.56. The molecule has 0 aromatic heterocycles. The van der Waals surface area contributed by atoms with Crippen LogP contribution in [0.2, 0.25) is 5.02 Å². The normalized spacial score (nSPS) is 15.0. The van der Waals surface area contributed by atoms with Crippen molar-refractivity contribution in [2.75, 3.05) is 5.32 Å². The van der Waals surface area contributed by atoms with E-state index in [1.54, 1.807) is 6.92 Å². The van der Waals surface area contributed by atoms with Crippen LogP contribution in [0.3, 0.4) is 0 Å². The second-order valence-corrected chi connectivity index (χ2v) is 7.64. The van der Waals surface area contributed by atoms with E-state index in [2.05, 4.69) is 15.8 Å². The fourth-order valence-corrected chi connectivity index (χ4v) is 3.55. The summed E-state index contributed by atoms with van der Waals surface area (Å²) < 4.78 is 0. The third-order valence-electron chi connectivity index (χ3n) is 5.05. The molecule has 0 heterocycles. The number of anilines is 1. The van der Waals surface area contributed by atoms with E-state index in [9.17, 15) is 14.7 Å². The van der Waals surface area contributed by atoms with Crippen LogP contribution in [0.4, 0.5) is 5.69 Å². The van der Waals surface area contributed by atoms with Crippen LogP contribution >= 0.6 is 11.6 Å². The number of hydrogen-bond donors (Lipinski definition) is 3. The van der Waals surface area contributed by atoms with Crippen LogP contribution in [-0.2, 0) is 4.79 Å². The smallest absolute Gasteiger partial charge is 0.275 e. The molecule has 0 unspecified atom stereocenters. The SMILES string of the molecule is CC(=NNC(=O)c1cc(Cl)ccc1O)c1cccc(NC(=O)C2CCCCC2)c1. The summed E-state index contributed by atoms with van der Waals surface area (Å²) in [5, 5.41) is 17.2. The fraction of sp³-hybridized carbons (Fsp3) is 0.318. The van der Waals surface area contributed by atoms with Crippen molar-refractivity contribution in [2.24, 2.45) is 11.0 Å². The Morgan fingerprint density at radius 3 is 2.62 bits per heavy atom. The zero-order valence-corrected chi connectivity index (χ0v) is 17.0. The van der Waals surface area contributed by atoms with Gasteiger partial charge >= 0.3 is 0 Å². The van der Waals surface area contributed by atoms with Gasteiger partial charge in [0.15, 0.2) is 0 Å². The van der Waals surface area contributed by atoms with Crippen molar-refractivity contribution in [2.45, 2.75) is 39.0 Å². The number of nitrogens with one attached hydrogen (secondary N) is 2. The van der Waals surface area contributed by atoms with E-state index in [0.29, 0.717) is 16.4 Å².